The van der Waals surface area contributed by atoms with Crippen molar-refractivity contribution in [3.05, 3.63) is 12.2 Å². The molecule has 0 saturated heterocycles. The quantitative estimate of drug-likeness (QED) is 0.178. The summed E-state index contributed by atoms with van der Waals surface area (Å²) in [5, 5.41) is 8.56. The van der Waals surface area contributed by atoms with E-state index < -0.39 is 5.97 Å². The molecule has 2 heteroatoms. The average Bonchev–Trinajstić information content (AvgIpc) is 2.60. The van der Waals surface area contributed by atoms with Crippen molar-refractivity contribution in [3.63, 3.8) is 0 Å². The molecule has 0 saturated carbocycles. The molecule has 0 radical (unpaired) electrons. The molecule has 0 heterocycles. The largest absolute Gasteiger partial charge is 0.481 e. The van der Waals surface area contributed by atoms with Gasteiger partial charge >= 0.3 is 5.97 Å². The summed E-state index contributed by atoms with van der Waals surface area (Å²) in [5.74, 6) is -0.657. The van der Waals surface area contributed by atoms with Crippen LogP contribution in [0.4, 0.5) is 0 Å². The minimum atomic E-state index is -0.657. The van der Waals surface area contributed by atoms with E-state index in [9.17, 15) is 4.79 Å². The van der Waals surface area contributed by atoms with Crippen LogP contribution in [-0.4, -0.2) is 11.1 Å². The van der Waals surface area contributed by atoms with Crippen LogP contribution < -0.4 is 0 Å². The van der Waals surface area contributed by atoms with Gasteiger partial charge in [0.1, 0.15) is 0 Å². The highest BCUT2D eigenvalue weighted by atomic mass is 16.4. The molecule has 0 bridgehead atoms. The van der Waals surface area contributed by atoms with Crippen LogP contribution in [0.25, 0.3) is 0 Å². The molecular weight excluding hydrogens is 308 g/mol. The summed E-state index contributed by atoms with van der Waals surface area (Å²) < 4.78 is 0. The number of hydrogen-bond donors (Lipinski definition) is 1. The van der Waals surface area contributed by atoms with E-state index in [4.69, 9.17) is 5.11 Å². The maximum Gasteiger partial charge on any atom is 0.303 e. The molecule has 0 aromatic rings. The highest BCUT2D eigenvalue weighted by Crippen LogP contribution is 2.12. The van der Waals surface area contributed by atoms with Gasteiger partial charge in [-0.25, -0.2) is 0 Å². The molecule has 2 nitrogen and oxygen atoms in total. The Hall–Kier alpha value is -0.790. The summed E-state index contributed by atoms with van der Waals surface area (Å²) in [6.45, 7) is 2.28. The third-order valence-electron chi connectivity index (χ3n) is 4.90. The number of aliphatic carboxylic acids is 1. The Morgan fingerprint density at radius 1 is 0.600 bits per heavy atom. The second kappa shape index (κ2) is 21.3. The number of carboxylic acid groups (broad SMARTS) is 1. The molecule has 0 fully saturated rings. The molecule has 25 heavy (non-hydrogen) atoms. The predicted octanol–water partition coefficient (Wildman–Crippen LogP) is 8.06. The first-order chi connectivity index (χ1) is 12.3. The summed E-state index contributed by atoms with van der Waals surface area (Å²) in [6, 6.07) is 0. The van der Waals surface area contributed by atoms with Crippen molar-refractivity contribution in [2.45, 2.75) is 129 Å². The zero-order chi connectivity index (χ0) is 18.4. The predicted molar refractivity (Wildman–Crippen MR) is 110 cm³/mol. The molecule has 0 unspecified atom stereocenters. The van der Waals surface area contributed by atoms with Gasteiger partial charge in [0.25, 0.3) is 0 Å². The van der Waals surface area contributed by atoms with Crippen LogP contribution in [0, 0.1) is 0 Å². The van der Waals surface area contributed by atoms with Gasteiger partial charge in [-0.15, -0.1) is 0 Å². The van der Waals surface area contributed by atoms with E-state index in [1.807, 2.05) is 0 Å². The normalized spacial score (nSPS) is 11.4. The number of hydrogen-bond acceptors (Lipinski definition) is 1. The van der Waals surface area contributed by atoms with Crippen LogP contribution >= 0.6 is 0 Å². The summed E-state index contributed by atoms with van der Waals surface area (Å²) in [4.78, 5) is 10.4. The van der Waals surface area contributed by atoms with Crippen LogP contribution in [0.1, 0.15) is 129 Å². The highest BCUT2D eigenvalue weighted by Gasteiger charge is 1.96. The summed E-state index contributed by atoms with van der Waals surface area (Å²) in [7, 11) is 0. The van der Waals surface area contributed by atoms with Crippen LogP contribution in [0.5, 0.6) is 0 Å². The summed E-state index contributed by atoms with van der Waals surface area (Å²) >= 11 is 0. The first-order valence-electron chi connectivity index (χ1n) is 11.1. The second-order valence-corrected chi connectivity index (χ2v) is 7.50. The Kier molecular flexibility index (Phi) is 20.6. The van der Waals surface area contributed by atoms with Crippen molar-refractivity contribution >= 4 is 5.97 Å². The third-order valence-corrected chi connectivity index (χ3v) is 4.90. The van der Waals surface area contributed by atoms with Crippen molar-refractivity contribution in [1.29, 1.82) is 0 Å². The SMILES string of the molecule is CCCCCCCCCC/C=C/CCCCCCCCCCC(=O)O. The number of unbranched alkanes of at least 4 members (excludes halogenated alkanes) is 16. The van der Waals surface area contributed by atoms with Gasteiger partial charge in [0, 0.05) is 6.42 Å². The molecule has 148 valence electrons. The van der Waals surface area contributed by atoms with Crippen molar-refractivity contribution in [1.82, 2.24) is 0 Å². The Morgan fingerprint density at radius 3 is 1.36 bits per heavy atom. The minimum Gasteiger partial charge on any atom is -0.481 e. The number of carboxylic acids is 1. The van der Waals surface area contributed by atoms with E-state index in [-0.39, 0.29) is 0 Å². The highest BCUT2D eigenvalue weighted by molar-refractivity contribution is 5.66. The maximum absolute atomic E-state index is 10.4. The van der Waals surface area contributed by atoms with E-state index in [1.54, 1.807) is 0 Å². The second-order valence-electron chi connectivity index (χ2n) is 7.50. The fraction of sp³-hybridized carbons (Fsp3) is 0.870. The molecule has 0 aliphatic heterocycles. The standard InChI is InChI=1S/C23H44O2/c1-2-3-4-5-6-7-8-9-10-11-12-13-14-15-16-17-18-19-20-21-22-23(24)25/h11-12H,2-10,13-22H2,1H3,(H,24,25)/b12-11+. The first kappa shape index (κ1) is 24.2. The van der Waals surface area contributed by atoms with Crippen molar-refractivity contribution in [3.8, 4) is 0 Å². The molecule has 0 rings (SSSR count). The Bertz CT molecular complexity index is 296. The van der Waals surface area contributed by atoms with E-state index in [2.05, 4.69) is 19.1 Å². The van der Waals surface area contributed by atoms with Crippen molar-refractivity contribution in [2.75, 3.05) is 0 Å². The average molecular weight is 353 g/mol. The van der Waals surface area contributed by atoms with Crippen LogP contribution in [0.2, 0.25) is 0 Å². The Labute approximate surface area is 157 Å². The first-order valence-corrected chi connectivity index (χ1v) is 11.1. The Morgan fingerprint density at radius 2 is 0.960 bits per heavy atom. The fourth-order valence-corrected chi connectivity index (χ4v) is 3.23. The smallest absolute Gasteiger partial charge is 0.303 e. The third kappa shape index (κ3) is 23.2. The van der Waals surface area contributed by atoms with Gasteiger partial charge in [-0.3, -0.25) is 4.79 Å². The van der Waals surface area contributed by atoms with Gasteiger partial charge in [0.2, 0.25) is 0 Å². The van der Waals surface area contributed by atoms with Crippen LogP contribution in [-0.2, 0) is 4.79 Å². The lowest BCUT2D eigenvalue weighted by Gasteiger charge is -2.01. The summed E-state index contributed by atoms with van der Waals surface area (Å²) in [5.41, 5.74) is 0. The Balaban J connectivity index is 3.07. The monoisotopic (exact) mass is 352 g/mol. The lowest BCUT2D eigenvalue weighted by molar-refractivity contribution is -0.137. The van der Waals surface area contributed by atoms with Gasteiger partial charge < -0.3 is 5.11 Å². The lowest BCUT2D eigenvalue weighted by Crippen LogP contribution is -1.93. The van der Waals surface area contributed by atoms with Gasteiger partial charge in [-0.05, 0) is 32.1 Å². The van der Waals surface area contributed by atoms with Crippen molar-refractivity contribution < 1.29 is 9.90 Å². The molecule has 0 aliphatic rings. The molecule has 1 N–H and O–H groups in total. The molecule has 0 aromatic carbocycles. The van der Waals surface area contributed by atoms with E-state index in [0.29, 0.717) is 6.42 Å². The van der Waals surface area contributed by atoms with Crippen LogP contribution in [0.3, 0.4) is 0 Å². The fourth-order valence-electron chi connectivity index (χ4n) is 3.23. The van der Waals surface area contributed by atoms with E-state index >= 15 is 0 Å². The molecule has 0 amide bonds. The minimum absolute atomic E-state index is 0.339. The van der Waals surface area contributed by atoms with Crippen molar-refractivity contribution in [2.24, 2.45) is 0 Å². The molecule has 0 aromatic heterocycles. The zero-order valence-corrected chi connectivity index (χ0v) is 16.9. The molecule has 0 aliphatic carbocycles. The van der Waals surface area contributed by atoms with Gasteiger partial charge in [0.05, 0.1) is 0 Å². The maximum atomic E-state index is 10.4. The zero-order valence-electron chi connectivity index (χ0n) is 16.9. The lowest BCUT2D eigenvalue weighted by atomic mass is 10.1. The number of allylic oxidation sites excluding steroid dienone is 2. The van der Waals surface area contributed by atoms with Gasteiger partial charge in [-0.1, -0.05) is 103 Å². The molecular formula is C23H44O2. The van der Waals surface area contributed by atoms with Gasteiger partial charge in [-0.2, -0.15) is 0 Å². The molecule has 0 spiro atoms. The topological polar surface area (TPSA) is 37.3 Å². The van der Waals surface area contributed by atoms with E-state index in [0.717, 1.165) is 12.8 Å². The van der Waals surface area contributed by atoms with Gasteiger partial charge in [0.15, 0.2) is 0 Å². The number of rotatable bonds is 20. The van der Waals surface area contributed by atoms with E-state index in [1.165, 1.54) is 103 Å². The van der Waals surface area contributed by atoms with Crippen LogP contribution in [0.15, 0.2) is 12.2 Å². The molecule has 0 atom stereocenters. The number of carbonyl (C=O) groups is 1. The summed E-state index contributed by atoms with van der Waals surface area (Å²) in [6.07, 6.45) is 28.6.